The fourth-order valence-corrected chi connectivity index (χ4v) is 7.37. The summed E-state index contributed by atoms with van der Waals surface area (Å²) in [5.41, 5.74) is -0.995. The van der Waals surface area contributed by atoms with Crippen LogP contribution >= 0.6 is 0 Å². The van der Waals surface area contributed by atoms with Gasteiger partial charge in [0.2, 0.25) is 0 Å². The number of esters is 2. The van der Waals surface area contributed by atoms with Crippen molar-refractivity contribution in [3.63, 3.8) is 0 Å². The van der Waals surface area contributed by atoms with Crippen molar-refractivity contribution in [1.82, 2.24) is 0 Å². The first-order valence-corrected chi connectivity index (χ1v) is 22.2. The first kappa shape index (κ1) is 52.0. The predicted octanol–water partition coefficient (Wildman–Crippen LogP) is 12.4. The molecule has 50 heavy (non-hydrogen) atoms. The van der Waals surface area contributed by atoms with Crippen LogP contribution in [0.3, 0.4) is 0 Å². The van der Waals surface area contributed by atoms with Crippen LogP contribution in [-0.4, -0.2) is 23.1 Å². The molecule has 0 bridgehead atoms. The Morgan fingerprint density at radius 3 is 0.740 bits per heavy atom. The Kier molecular flexibility index (Phi) is 38.8. The van der Waals surface area contributed by atoms with E-state index in [-0.39, 0.29) is 37.4 Å². The smallest absolute Gasteiger partial charge is 1.00 e. The first-order chi connectivity index (χ1) is 23.7. The van der Waals surface area contributed by atoms with E-state index in [1.807, 2.05) is 0 Å². The molecule has 0 N–H and O–H groups in total. The standard InChI is InChI=1S/C45H88O4.Na.H/c1-7-11-15-19-21-23-25-27-31-35-39-44(5,37-33-29-17-13-9-3)48-42(46)41-43(47)49-45(6,38-34-30-18-14-10-4)40-36-32-28-26-24-22-20-16-12-8-2;;/h7-41H2,1-6H3;;/q;+1;-1. The third-order valence-corrected chi connectivity index (χ3v) is 10.7. The maximum Gasteiger partial charge on any atom is 1.00 e. The molecule has 5 heteroatoms. The van der Waals surface area contributed by atoms with Crippen molar-refractivity contribution in [2.75, 3.05) is 0 Å². The van der Waals surface area contributed by atoms with Gasteiger partial charge in [-0.25, -0.2) is 0 Å². The number of carbonyl (C=O) groups is 2. The van der Waals surface area contributed by atoms with E-state index in [9.17, 15) is 9.59 Å². The number of unbranched alkanes of at least 4 members (excludes halogenated alkanes) is 26. The zero-order chi connectivity index (χ0) is 36.3. The Morgan fingerprint density at radius 1 is 0.360 bits per heavy atom. The summed E-state index contributed by atoms with van der Waals surface area (Å²) in [5, 5.41) is 0. The molecule has 2 atom stereocenters. The summed E-state index contributed by atoms with van der Waals surface area (Å²) >= 11 is 0. The maximum atomic E-state index is 13.2. The Bertz CT molecular complexity index is 690. The molecule has 0 radical (unpaired) electrons. The molecule has 4 nitrogen and oxygen atoms in total. The van der Waals surface area contributed by atoms with Gasteiger partial charge in [-0.15, -0.1) is 0 Å². The van der Waals surface area contributed by atoms with Gasteiger partial charge in [0.25, 0.3) is 0 Å². The SMILES string of the molecule is CCCCCCCCCCCCC(C)(CCCCCCC)OC(=O)CC(=O)OC(C)(CCCCCCC)CCCCCCCCCCCC.[H-].[Na+]. The molecule has 0 spiro atoms. The van der Waals surface area contributed by atoms with Crippen molar-refractivity contribution in [1.29, 1.82) is 0 Å². The van der Waals surface area contributed by atoms with Crippen LogP contribution in [0.5, 0.6) is 0 Å². The Labute approximate surface area is 337 Å². The van der Waals surface area contributed by atoms with Crippen LogP contribution in [0.1, 0.15) is 268 Å². The van der Waals surface area contributed by atoms with Gasteiger partial charge in [0.1, 0.15) is 17.6 Å². The largest absolute Gasteiger partial charge is 1.00 e. The molecule has 0 aromatic heterocycles. The van der Waals surface area contributed by atoms with Crippen LogP contribution < -0.4 is 29.6 Å². The summed E-state index contributed by atoms with van der Waals surface area (Å²) in [7, 11) is 0. The molecule has 0 aromatic rings. The summed E-state index contributed by atoms with van der Waals surface area (Å²) in [6.07, 6.45) is 41.1. The first-order valence-electron chi connectivity index (χ1n) is 22.2. The second-order valence-corrected chi connectivity index (χ2v) is 16.2. The van der Waals surface area contributed by atoms with Gasteiger partial charge in [0, 0.05) is 0 Å². The summed E-state index contributed by atoms with van der Waals surface area (Å²) < 4.78 is 12.3. The third-order valence-electron chi connectivity index (χ3n) is 10.7. The van der Waals surface area contributed by atoms with E-state index in [0.717, 1.165) is 51.4 Å². The molecule has 0 aromatic carbocycles. The van der Waals surface area contributed by atoms with Crippen LogP contribution in [0.15, 0.2) is 0 Å². The van der Waals surface area contributed by atoms with Crippen LogP contribution in [0, 0.1) is 0 Å². The monoisotopic (exact) mass is 717 g/mol. The van der Waals surface area contributed by atoms with E-state index in [1.54, 1.807) is 0 Å². The fourth-order valence-electron chi connectivity index (χ4n) is 7.37. The van der Waals surface area contributed by atoms with E-state index in [2.05, 4.69) is 41.5 Å². The molecule has 2 unspecified atom stereocenters. The maximum absolute atomic E-state index is 13.2. The molecule has 0 saturated carbocycles. The van der Waals surface area contributed by atoms with Crippen LogP contribution in [0.25, 0.3) is 0 Å². The molecule has 0 aliphatic carbocycles. The fraction of sp³-hybridized carbons (Fsp3) is 0.956. The minimum absolute atomic E-state index is 0. The van der Waals surface area contributed by atoms with E-state index in [4.69, 9.17) is 9.47 Å². The average Bonchev–Trinajstić information content (AvgIpc) is 3.06. The van der Waals surface area contributed by atoms with Crippen molar-refractivity contribution < 1.29 is 50.0 Å². The molecule has 0 heterocycles. The molecule has 0 fully saturated rings. The summed E-state index contributed by atoms with van der Waals surface area (Å²) in [5.74, 6) is -0.810. The quantitative estimate of drug-likeness (QED) is 0.0276. The zero-order valence-corrected chi connectivity index (χ0v) is 37.4. The van der Waals surface area contributed by atoms with Crippen molar-refractivity contribution in [2.24, 2.45) is 0 Å². The minimum Gasteiger partial charge on any atom is -1.00 e. The number of rotatable bonds is 38. The Balaban J connectivity index is -0.0000115. The number of ether oxygens (including phenoxy) is 2. The van der Waals surface area contributed by atoms with Gasteiger partial charge in [-0.3, -0.25) is 9.59 Å². The van der Waals surface area contributed by atoms with Crippen molar-refractivity contribution in [3.05, 3.63) is 0 Å². The van der Waals surface area contributed by atoms with Crippen molar-refractivity contribution in [3.8, 4) is 0 Å². The second kappa shape index (κ2) is 37.3. The summed E-state index contributed by atoms with van der Waals surface area (Å²) in [4.78, 5) is 26.5. The van der Waals surface area contributed by atoms with Gasteiger partial charge in [-0.2, -0.15) is 0 Å². The van der Waals surface area contributed by atoms with Gasteiger partial charge in [-0.1, -0.05) is 195 Å². The molecular weight excluding hydrogens is 627 g/mol. The van der Waals surface area contributed by atoms with Crippen LogP contribution in [0.4, 0.5) is 0 Å². The molecule has 0 aliphatic rings. The van der Waals surface area contributed by atoms with Crippen LogP contribution in [-0.2, 0) is 19.1 Å². The van der Waals surface area contributed by atoms with Gasteiger partial charge in [0.15, 0.2) is 0 Å². The third kappa shape index (κ3) is 33.8. The topological polar surface area (TPSA) is 52.6 Å². The number of hydrogen-bond donors (Lipinski definition) is 0. The molecule has 0 amide bonds. The van der Waals surface area contributed by atoms with E-state index >= 15 is 0 Å². The predicted molar refractivity (Wildman–Crippen MR) is 214 cm³/mol. The Hall–Kier alpha value is -0.0600. The van der Waals surface area contributed by atoms with Gasteiger partial charge in [0.05, 0.1) is 0 Å². The van der Waals surface area contributed by atoms with E-state index in [0.29, 0.717) is 0 Å². The number of carbonyl (C=O) groups excluding carboxylic acids is 2. The van der Waals surface area contributed by atoms with Crippen LogP contribution in [0.2, 0.25) is 0 Å². The van der Waals surface area contributed by atoms with Gasteiger partial charge < -0.3 is 10.9 Å². The minimum atomic E-state index is -0.498. The zero-order valence-electron chi connectivity index (χ0n) is 36.4. The molecule has 0 rings (SSSR count). The second-order valence-electron chi connectivity index (χ2n) is 16.2. The van der Waals surface area contributed by atoms with E-state index in [1.165, 1.54) is 167 Å². The van der Waals surface area contributed by atoms with Crippen molar-refractivity contribution in [2.45, 2.75) is 277 Å². The molecule has 0 saturated heterocycles. The normalized spacial score (nSPS) is 13.7. The van der Waals surface area contributed by atoms with Crippen molar-refractivity contribution >= 4 is 11.9 Å². The number of hydrogen-bond acceptors (Lipinski definition) is 4. The Morgan fingerprint density at radius 2 is 0.540 bits per heavy atom. The van der Waals surface area contributed by atoms with E-state index < -0.39 is 23.1 Å². The molecule has 0 aliphatic heterocycles. The van der Waals surface area contributed by atoms with Gasteiger partial charge >= 0.3 is 41.5 Å². The summed E-state index contributed by atoms with van der Waals surface area (Å²) in [6.45, 7) is 13.2. The van der Waals surface area contributed by atoms with Gasteiger partial charge in [-0.05, 0) is 65.2 Å². The average molecular weight is 717 g/mol. The molecular formula is C45H89NaO4. The summed E-state index contributed by atoms with van der Waals surface area (Å²) in [6, 6.07) is 0. The molecule has 294 valence electrons.